The van der Waals surface area contributed by atoms with E-state index in [1.54, 1.807) is 6.08 Å². The first kappa shape index (κ1) is 12.5. The van der Waals surface area contributed by atoms with Crippen molar-refractivity contribution in [2.45, 2.75) is 45.0 Å². The normalized spacial score (nSPS) is 54.4. The maximum atomic E-state index is 12.3. The van der Waals surface area contributed by atoms with Gasteiger partial charge in [-0.3, -0.25) is 9.59 Å². The van der Waals surface area contributed by atoms with E-state index >= 15 is 0 Å². The van der Waals surface area contributed by atoms with E-state index in [0.717, 1.165) is 0 Å². The number of hydrogen-bond acceptors (Lipinski definition) is 5. The molecule has 0 radical (unpaired) electrons. The number of cyclic esters (lactones) is 1. The second kappa shape index (κ2) is 3.02. The third-order valence-electron chi connectivity index (χ3n) is 6.00. The zero-order valence-electron chi connectivity index (χ0n) is 11.5. The summed E-state index contributed by atoms with van der Waals surface area (Å²) in [6, 6.07) is 0. The van der Waals surface area contributed by atoms with Gasteiger partial charge in [0.05, 0.1) is 16.4 Å². The van der Waals surface area contributed by atoms with Gasteiger partial charge in [-0.15, -0.1) is 0 Å². The standard InChI is InChI=1S/C15H18O5/c1-12(2)4-9-13(19,6-12)3-8(5-16)14-7-15(9,14)11(18)20-10(14)17/h3,5,9-10,17,19H,4,6-7H2,1-2H3. The Labute approximate surface area is 116 Å². The molecule has 0 bridgehead atoms. The average Bonchev–Trinajstić information content (AvgIpc) is 2.91. The monoisotopic (exact) mass is 278 g/mol. The lowest BCUT2D eigenvalue weighted by atomic mass is 9.67. The predicted octanol–water partition coefficient (Wildman–Crippen LogP) is 0.544. The van der Waals surface area contributed by atoms with Crippen molar-refractivity contribution in [2.24, 2.45) is 22.2 Å². The Hall–Kier alpha value is -1.20. The maximum absolute atomic E-state index is 12.3. The molecule has 108 valence electrons. The second-order valence-electron chi connectivity index (χ2n) is 7.68. The van der Waals surface area contributed by atoms with Crippen molar-refractivity contribution in [1.82, 2.24) is 0 Å². The number of aliphatic hydroxyl groups is 2. The highest BCUT2D eigenvalue weighted by atomic mass is 16.6. The van der Waals surface area contributed by atoms with Crippen molar-refractivity contribution >= 4 is 12.3 Å². The number of aliphatic hydroxyl groups excluding tert-OH is 1. The number of carbonyl (C=O) groups is 2. The lowest BCUT2D eigenvalue weighted by Crippen LogP contribution is -2.45. The average molecular weight is 278 g/mol. The van der Waals surface area contributed by atoms with Crippen LogP contribution in [0, 0.1) is 22.2 Å². The molecular weight excluding hydrogens is 260 g/mol. The van der Waals surface area contributed by atoms with Crippen LogP contribution in [0.15, 0.2) is 11.6 Å². The molecule has 5 nitrogen and oxygen atoms in total. The fourth-order valence-corrected chi connectivity index (χ4v) is 5.32. The predicted molar refractivity (Wildman–Crippen MR) is 67.2 cm³/mol. The highest BCUT2D eigenvalue weighted by Gasteiger charge is 2.89. The molecular formula is C15H18O5. The number of ether oxygens (including phenoxy) is 1. The minimum absolute atomic E-state index is 0.106. The van der Waals surface area contributed by atoms with Gasteiger partial charge in [0.15, 0.2) is 0 Å². The van der Waals surface area contributed by atoms with Crippen LogP contribution in [0.2, 0.25) is 0 Å². The number of hydrogen-bond donors (Lipinski definition) is 2. The molecule has 0 aromatic rings. The Balaban J connectivity index is 1.94. The van der Waals surface area contributed by atoms with Gasteiger partial charge in [0.2, 0.25) is 6.29 Å². The van der Waals surface area contributed by atoms with Crippen LogP contribution in [0.25, 0.3) is 0 Å². The van der Waals surface area contributed by atoms with Gasteiger partial charge in [-0.1, -0.05) is 13.8 Å². The van der Waals surface area contributed by atoms with E-state index in [1.165, 1.54) is 0 Å². The van der Waals surface area contributed by atoms with Gasteiger partial charge in [-0.2, -0.15) is 0 Å². The lowest BCUT2D eigenvalue weighted by molar-refractivity contribution is -0.166. The van der Waals surface area contributed by atoms with Crippen LogP contribution < -0.4 is 0 Å². The summed E-state index contributed by atoms with van der Waals surface area (Å²) in [7, 11) is 0. The van der Waals surface area contributed by atoms with E-state index < -0.39 is 28.7 Å². The van der Waals surface area contributed by atoms with Crippen molar-refractivity contribution in [1.29, 1.82) is 0 Å². The van der Waals surface area contributed by atoms with Gasteiger partial charge in [0.25, 0.3) is 0 Å². The zero-order chi connectivity index (χ0) is 14.6. The quantitative estimate of drug-likeness (QED) is 0.540. The van der Waals surface area contributed by atoms with Gasteiger partial charge in [0.1, 0.15) is 6.29 Å². The Morgan fingerprint density at radius 1 is 1.35 bits per heavy atom. The van der Waals surface area contributed by atoms with E-state index in [9.17, 15) is 19.8 Å². The van der Waals surface area contributed by atoms with Gasteiger partial charge in [-0.05, 0) is 30.8 Å². The molecule has 5 heteroatoms. The minimum Gasteiger partial charge on any atom is -0.434 e. The van der Waals surface area contributed by atoms with E-state index in [2.05, 4.69) is 13.8 Å². The molecule has 2 saturated carbocycles. The topological polar surface area (TPSA) is 83.8 Å². The van der Waals surface area contributed by atoms with Gasteiger partial charge < -0.3 is 14.9 Å². The van der Waals surface area contributed by atoms with E-state index in [4.69, 9.17) is 4.74 Å². The number of carbonyl (C=O) groups excluding carboxylic acids is 2. The Morgan fingerprint density at radius 2 is 2.05 bits per heavy atom. The molecule has 2 N–H and O–H groups in total. The first-order chi connectivity index (χ1) is 9.22. The molecule has 5 unspecified atom stereocenters. The summed E-state index contributed by atoms with van der Waals surface area (Å²) >= 11 is 0. The van der Waals surface area contributed by atoms with Crippen molar-refractivity contribution in [3.8, 4) is 0 Å². The Kier molecular flexibility index (Phi) is 1.89. The van der Waals surface area contributed by atoms with E-state index in [1.807, 2.05) is 0 Å². The molecule has 1 saturated heterocycles. The summed E-state index contributed by atoms with van der Waals surface area (Å²) in [6.07, 6.45) is 2.59. The van der Waals surface area contributed by atoms with Gasteiger partial charge in [0, 0.05) is 11.5 Å². The molecule has 1 heterocycles. The molecule has 0 aromatic heterocycles. The third kappa shape index (κ3) is 1.03. The fourth-order valence-electron chi connectivity index (χ4n) is 5.32. The smallest absolute Gasteiger partial charge is 0.316 e. The lowest BCUT2D eigenvalue weighted by Gasteiger charge is -2.37. The fraction of sp³-hybridized carbons (Fsp3) is 0.733. The molecule has 0 amide bonds. The van der Waals surface area contributed by atoms with Crippen LogP contribution in [-0.4, -0.2) is 34.4 Å². The summed E-state index contributed by atoms with van der Waals surface area (Å²) in [5, 5.41) is 21.1. The molecule has 0 spiro atoms. The van der Waals surface area contributed by atoms with Crippen LogP contribution in [0.5, 0.6) is 0 Å². The van der Waals surface area contributed by atoms with Crippen LogP contribution in [0.3, 0.4) is 0 Å². The largest absolute Gasteiger partial charge is 0.434 e. The number of esters is 1. The van der Waals surface area contributed by atoms with E-state index in [0.29, 0.717) is 31.1 Å². The first-order valence-corrected chi connectivity index (χ1v) is 7.02. The van der Waals surface area contributed by atoms with Crippen LogP contribution in [0.4, 0.5) is 0 Å². The van der Waals surface area contributed by atoms with Gasteiger partial charge >= 0.3 is 5.97 Å². The van der Waals surface area contributed by atoms with Crippen LogP contribution in [-0.2, 0) is 14.3 Å². The minimum atomic E-state index is -1.26. The van der Waals surface area contributed by atoms with Crippen molar-refractivity contribution in [2.75, 3.05) is 0 Å². The summed E-state index contributed by atoms with van der Waals surface area (Å²) in [6.45, 7) is 4.10. The summed E-state index contributed by atoms with van der Waals surface area (Å²) in [5.74, 6) is -0.739. The van der Waals surface area contributed by atoms with Crippen molar-refractivity contribution < 1.29 is 24.5 Å². The van der Waals surface area contributed by atoms with Crippen molar-refractivity contribution in [3.05, 3.63) is 11.6 Å². The first-order valence-electron chi connectivity index (χ1n) is 7.02. The second-order valence-corrected chi connectivity index (χ2v) is 7.68. The highest BCUT2D eigenvalue weighted by molar-refractivity contribution is 5.93. The molecule has 0 aromatic carbocycles. The molecule has 3 aliphatic carbocycles. The molecule has 4 rings (SSSR count). The Morgan fingerprint density at radius 3 is 2.70 bits per heavy atom. The number of aldehydes is 1. The zero-order valence-corrected chi connectivity index (χ0v) is 11.5. The molecule has 1 aliphatic heterocycles. The summed E-state index contributed by atoms with van der Waals surface area (Å²) < 4.78 is 5.01. The molecule has 4 aliphatic rings. The van der Waals surface area contributed by atoms with Crippen molar-refractivity contribution in [3.63, 3.8) is 0 Å². The SMILES string of the molecule is CC1(C)CC2C(O)(C=C(C=O)C34CC23C(=O)OC4O)C1. The molecule has 5 atom stereocenters. The van der Waals surface area contributed by atoms with Crippen LogP contribution >= 0.6 is 0 Å². The maximum Gasteiger partial charge on any atom is 0.316 e. The summed E-state index contributed by atoms with van der Waals surface area (Å²) in [4.78, 5) is 23.7. The Bertz CT molecular complexity index is 579. The third-order valence-corrected chi connectivity index (χ3v) is 6.00. The number of rotatable bonds is 1. The van der Waals surface area contributed by atoms with Crippen LogP contribution in [0.1, 0.15) is 33.1 Å². The molecule has 3 fully saturated rings. The van der Waals surface area contributed by atoms with E-state index in [-0.39, 0.29) is 11.3 Å². The van der Waals surface area contributed by atoms with Gasteiger partial charge in [-0.25, -0.2) is 0 Å². The highest BCUT2D eigenvalue weighted by Crippen LogP contribution is 2.82. The number of fused-ring (bicyclic) bond motifs is 1. The molecule has 20 heavy (non-hydrogen) atoms. The summed E-state index contributed by atoms with van der Waals surface area (Å²) in [5.41, 5.74) is -2.75.